The number of hydrogen-bond acceptors (Lipinski definition) is 3. The third-order valence-corrected chi connectivity index (χ3v) is 7.85. The first-order valence-corrected chi connectivity index (χ1v) is 13.2. The van der Waals surface area contributed by atoms with Gasteiger partial charge in [-0.1, -0.05) is 83.9 Å². The number of nitrogens with zero attached hydrogens (tertiary/aromatic N) is 1. The Labute approximate surface area is 227 Å². The molecule has 3 atom stereocenters. The van der Waals surface area contributed by atoms with Crippen LogP contribution in [0.25, 0.3) is 0 Å². The van der Waals surface area contributed by atoms with E-state index in [9.17, 15) is 0 Å². The van der Waals surface area contributed by atoms with Crippen molar-refractivity contribution >= 4 is 40.8 Å². The minimum Gasteiger partial charge on any atom is -0.487 e. The summed E-state index contributed by atoms with van der Waals surface area (Å²) in [4.78, 5) is 4.67. The number of ether oxygens (including phenoxy) is 1. The third-order valence-electron chi connectivity index (χ3n) is 7.18. The second-order valence-corrected chi connectivity index (χ2v) is 10.3. The highest BCUT2D eigenvalue weighted by molar-refractivity contribution is 6.32. The SMILES string of the molecule is Clc1ccccc1COc1ccc(C=Nc2ccc([C@@H]3Nc4ccccc4[C@H]4C=CC[C@H]43)cc2)cc1Cl. The second-order valence-electron chi connectivity index (χ2n) is 9.48. The molecule has 2 aliphatic rings. The molecule has 6 rings (SSSR count). The number of allylic oxidation sites excluding steroid dienone is 2. The predicted octanol–water partition coefficient (Wildman–Crippen LogP) is 9.15. The standard InChI is InChI=1S/C32H26Cl2N2O/c33-28-10-3-1-6-23(28)20-37-31-17-12-21(18-29(31)34)19-35-24-15-13-22(14-16-24)32-27-9-5-8-25(27)26-7-2-4-11-30(26)36-32/h1-8,10-19,25,27,32,36H,9,20H2/t25-,27-,32+/m1/s1. The van der Waals surface area contributed by atoms with E-state index in [1.807, 2.05) is 48.7 Å². The first kappa shape index (κ1) is 23.8. The number of benzene rings is 4. The maximum Gasteiger partial charge on any atom is 0.138 e. The lowest BCUT2D eigenvalue weighted by molar-refractivity contribution is 0.306. The molecule has 37 heavy (non-hydrogen) atoms. The fraction of sp³-hybridized carbons (Fsp3) is 0.156. The van der Waals surface area contributed by atoms with Crippen molar-refractivity contribution < 1.29 is 4.74 Å². The predicted molar refractivity (Wildman–Crippen MR) is 154 cm³/mol. The first-order valence-electron chi connectivity index (χ1n) is 12.5. The molecule has 0 aromatic heterocycles. The van der Waals surface area contributed by atoms with Gasteiger partial charge in [0.1, 0.15) is 12.4 Å². The van der Waals surface area contributed by atoms with Gasteiger partial charge in [-0.25, -0.2) is 0 Å². The zero-order valence-electron chi connectivity index (χ0n) is 20.1. The molecule has 0 amide bonds. The third kappa shape index (κ3) is 5.02. The van der Waals surface area contributed by atoms with Crippen LogP contribution in [0.4, 0.5) is 11.4 Å². The summed E-state index contributed by atoms with van der Waals surface area (Å²) in [6, 6.07) is 30.8. The van der Waals surface area contributed by atoms with Crippen molar-refractivity contribution in [1.29, 1.82) is 0 Å². The number of nitrogens with one attached hydrogen (secondary N) is 1. The second kappa shape index (κ2) is 10.5. The van der Waals surface area contributed by atoms with Gasteiger partial charge < -0.3 is 10.1 Å². The highest BCUT2D eigenvalue weighted by Crippen LogP contribution is 2.49. The highest BCUT2D eigenvalue weighted by atomic mass is 35.5. The van der Waals surface area contributed by atoms with Crippen LogP contribution < -0.4 is 10.1 Å². The van der Waals surface area contributed by atoms with Crippen LogP contribution in [-0.2, 0) is 6.61 Å². The van der Waals surface area contributed by atoms with Crippen molar-refractivity contribution in [2.24, 2.45) is 10.9 Å². The van der Waals surface area contributed by atoms with Crippen molar-refractivity contribution in [3.8, 4) is 5.75 Å². The minimum atomic E-state index is 0.282. The summed E-state index contributed by atoms with van der Waals surface area (Å²) in [5.41, 5.74) is 6.65. The summed E-state index contributed by atoms with van der Waals surface area (Å²) in [6.07, 6.45) is 7.61. The average Bonchev–Trinajstić information content (AvgIpc) is 3.43. The van der Waals surface area contributed by atoms with Crippen LogP contribution in [0, 0.1) is 5.92 Å². The van der Waals surface area contributed by atoms with E-state index in [1.165, 1.54) is 16.8 Å². The van der Waals surface area contributed by atoms with Crippen molar-refractivity contribution in [2.45, 2.75) is 25.0 Å². The van der Waals surface area contributed by atoms with Crippen molar-refractivity contribution in [1.82, 2.24) is 0 Å². The van der Waals surface area contributed by atoms with Gasteiger partial charge in [0.15, 0.2) is 0 Å². The topological polar surface area (TPSA) is 33.6 Å². The van der Waals surface area contributed by atoms with Gasteiger partial charge in [-0.2, -0.15) is 0 Å². The molecule has 0 unspecified atom stereocenters. The van der Waals surface area contributed by atoms with E-state index in [-0.39, 0.29) is 6.04 Å². The molecule has 4 aromatic carbocycles. The molecule has 0 radical (unpaired) electrons. The average molecular weight is 525 g/mol. The number of aliphatic imine (C=N–C) groups is 1. The molecule has 1 heterocycles. The Balaban J connectivity index is 1.13. The van der Waals surface area contributed by atoms with E-state index >= 15 is 0 Å². The largest absolute Gasteiger partial charge is 0.487 e. The highest BCUT2D eigenvalue weighted by Gasteiger charge is 2.37. The molecule has 0 saturated heterocycles. The number of hydrogen-bond donors (Lipinski definition) is 1. The molecular weight excluding hydrogens is 499 g/mol. The molecule has 0 saturated carbocycles. The van der Waals surface area contributed by atoms with Crippen LogP contribution in [0.3, 0.4) is 0 Å². The van der Waals surface area contributed by atoms with Crippen LogP contribution in [-0.4, -0.2) is 6.21 Å². The van der Waals surface area contributed by atoms with Crippen molar-refractivity contribution in [3.05, 3.63) is 135 Å². The van der Waals surface area contributed by atoms with Gasteiger partial charge in [0.2, 0.25) is 0 Å². The maximum absolute atomic E-state index is 6.47. The van der Waals surface area contributed by atoms with Crippen LogP contribution in [0.15, 0.2) is 108 Å². The van der Waals surface area contributed by atoms with Crippen LogP contribution in [0.2, 0.25) is 10.0 Å². The van der Waals surface area contributed by atoms with E-state index in [0.717, 1.165) is 23.2 Å². The fourth-order valence-corrected chi connectivity index (χ4v) is 5.71. The lowest BCUT2D eigenvalue weighted by Gasteiger charge is -2.37. The van der Waals surface area contributed by atoms with E-state index < -0.39 is 0 Å². The smallest absolute Gasteiger partial charge is 0.138 e. The van der Waals surface area contributed by atoms with Gasteiger partial charge in [0.05, 0.1) is 16.8 Å². The number of anilines is 1. The summed E-state index contributed by atoms with van der Waals surface area (Å²) in [5.74, 6) is 1.62. The summed E-state index contributed by atoms with van der Waals surface area (Å²) in [6.45, 7) is 0.359. The molecule has 5 heteroatoms. The lowest BCUT2D eigenvalue weighted by Crippen LogP contribution is -2.28. The molecule has 0 fully saturated rings. The zero-order chi connectivity index (χ0) is 25.2. The van der Waals surface area contributed by atoms with Crippen LogP contribution in [0.5, 0.6) is 5.75 Å². The minimum absolute atomic E-state index is 0.282. The van der Waals surface area contributed by atoms with Gasteiger partial charge in [-0.15, -0.1) is 0 Å². The summed E-state index contributed by atoms with van der Waals surface area (Å²) in [7, 11) is 0. The summed E-state index contributed by atoms with van der Waals surface area (Å²) in [5, 5.41) is 5.00. The molecule has 1 N–H and O–H groups in total. The van der Waals surface area contributed by atoms with E-state index in [0.29, 0.717) is 34.2 Å². The number of para-hydroxylation sites is 1. The molecule has 1 aliphatic heterocycles. The van der Waals surface area contributed by atoms with Gasteiger partial charge in [-0.3, -0.25) is 4.99 Å². The monoisotopic (exact) mass is 524 g/mol. The summed E-state index contributed by atoms with van der Waals surface area (Å²) < 4.78 is 5.87. The number of fused-ring (bicyclic) bond motifs is 3. The molecule has 184 valence electrons. The summed E-state index contributed by atoms with van der Waals surface area (Å²) >= 11 is 12.7. The first-order chi connectivity index (χ1) is 18.2. The quantitative estimate of drug-likeness (QED) is 0.201. The Morgan fingerprint density at radius 2 is 1.70 bits per heavy atom. The van der Waals surface area contributed by atoms with Gasteiger partial charge in [0, 0.05) is 28.4 Å². The molecular formula is C32H26Cl2N2O. The number of rotatable bonds is 6. The van der Waals surface area contributed by atoms with Gasteiger partial charge in [0.25, 0.3) is 0 Å². The van der Waals surface area contributed by atoms with E-state index in [1.54, 1.807) is 0 Å². The lowest BCUT2D eigenvalue weighted by atomic mass is 9.77. The van der Waals surface area contributed by atoms with Crippen molar-refractivity contribution in [3.63, 3.8) is 0 Å². The van der Waals surface area contributed by atoms with Gasteiger partial charge >= 0.3 is 0 Å². The van der Waals surface area contributed by atoms with Gasteiger partial charge in [-0.05, 0) is 71.5 Å². The molecule has 4 aromatic rings. The normalized spacial score (nSPS) is 19.9. The van der Waals surface area contributed by atoms with E-state index in [4.69, 9.17) is 27.9 Å². The van der Waals surface area contributed by atoms with Crippen LogP contribution >= 0.6 is 23.2 Å². The Kier molecular flexibility index (Phi) is 6.73. The van der Waals surface area contributed by atoms with Crippen LogP contribution in [0.1, 0.15) is 40.6 Å². The Morgan fingerprint density at radius 1 is 0.892 bits per heavy atom. The molecule has 3 nitrogen and oxygen atoms in total. The molecule has 0 bridgehead atoms. The molecule has 0 spiro atoms. The van der Waals surface area contributed by atoms with E-state index in [2.05, 4.69) is 71.0 Å². The Bertz CT molecular complexity index is 1480. The Morgan fingerprint density at radius 3 is 2.54 bits per heavy atom. The molecule has 1 aliphatic carbocycles. The Hall–Kier alpha value is -3.53. The fourth-order valence-electron chi connectivity index (χ4n) is 5.28. The maximum atomic E-state index is 6.47. The van der Waals surface area contributed by atoms with Crippen molar-refractivity contribution in [2.75, 3.05) is 5.32 Å². The zero-order valence-corrected chi connectivity index (χ0v) is 21.7. The number of halogens is 2.